The SMILES string of the molecule is COC1=CC(=O)C(OC)=C(C)C12Oc1c(O)cccc1C2O. The summed E-state index contributed by atoms with van der Waals surface area (Å²) in [4.78, 5) is 12.1. The van der Waals surface area contributed by atoms with Gasteiger partial charge < -0.3 is 24.4 Å². The molecule has 1 spiro atoms. The summed E-state index contributed by atoms with van der Waals surface area (Å²) in [6, 6.07) is 4.73. The average Bonchev–Trinajstić information content (AvgIpc) is 2.80. The molecule has 0 bridgehead atoms. The topological polar surface area (TPSA) is 85.2 Å². The molecule has 0 amide bonds. The molecule has 0 saturated carbocycles. The standard InChI is InChI=1S/C16H16O6/c1-8-13(21-3)11(18)7-12(20-2)16(8)15(19)9-5-4-6-10(17)14(9)22-16/h4-7,15,17,19H,1-3H3. The molecular formula is C16H16O6. The maximum Gasteiger partial charge on any atom is 0.223 e. The van der Waals surface area contributed by atoms with E-state index in [4.69, 9.17) is 14.2 Å². The van der Waals surface area contributed by atoms with Crippen molar-refractivity contribution in [1.29, 1.82) is 0 Å². The molecule has 22 heavy (non-hydrogen) atoms. The van der Waals surface area contributed by atoms with E-state index in [1.54, 1.807) is 19.1 Å². The number of para-hydroxylation sites is 1. The van der Waals surface area contributed by atoms with Gasteiger partial charge in [0.05, 0.1) is 14.2 Å². The monoisotopic (exact) mass is 304 g/mol. The Bertz CT molecular complexity index is 717. The van der Waals surface area contributed by atoms with Crippen LogP contribution in [0.3, 0.4) is 0 Å². The number of ketones is 1. The van der Waals surface area contributed by atoms with Crippen molar-refractivity contribution in [1.82, 2.24) is 0 Å². The molecule has 1 aromatic rings. The van der Waals surface area contributed by atoms with Gasteiger partial charge in [-0.25, -0.2) is 0 Å². The number of rotatable bonds is 2. The molecule has 116 valence electrons. The van der Waals surface area contributed by atoms with Crippen LogP contribution in [0.5, 0.6) is 11.5 Å². The zero-order valence-corrected chi connectivity index (χ0v) is 12.4. The zero-order chi connectivity index (χ0) is 16.1. The van der Waals surface area contributed by atoms with Crippen LogP contribution in [-0.4, -0.2) is 35.8 Å². The summed E-state index contributed by atoms with van der Waals surface area (Å²) in [7, 11) is 2.77. The molecule has 2 unspecified atom stereocenters. The van der Waals surface area contributed by atoms with Crippen LogP contribution in [-0.2, 0) is 14.3 Å². The van der Waals surface area contributed by atoms with E-state index in [2.05, 4.69) is 0 Å². The van der Waals surface area contributed by atoms with Crippen LogP contribution in [0.4, 0.5) is 0 Å². The molecular weight excluding hydrogens is 288 g/mol. The molecule has 2 N–H and O–H groups in total. The first-order valence-electron chi connectivity index (χ1n) is 6.72. The first-order chi connectivity index (χ1) is 10.5. The van der Waals surface area contributed by atoms with Crippen molar-refractivity contribution in [2.45, 2.75) is 18.6 Å². The second-order valence-corrected chi connectivity index (χ2v) is 5.17. The van der Waals surface area contributed by atoms with Gasteiger partial charge in [-0.15, -0.1) is 0 Å². The fourth-order valence-corrected chi connectivity index (χ4v) is 3.07. The quantitative estimate of drug-likeness (QED) is 0.863. The van der Waals surface area contributed by atoms with E-state index in [-0.39, 0.29) is 28.8 Å². The third-order valence-corrected chi connectivity index (χ3v) is 4.14. The van der Waals surface area contributed by atoms with Gasteiger partial charge in [-0.05, 0) is 13.0 Å². The van der Waals surface area contributed by atoms with E-state index in [1.165, 1.54) is 26.4 Å². The van der Waals surface area contributed by atoms with Crippen LogP contribution in [0.2, 0.25) is 0 Å². The normalized spacial score (nSPS) is 26.6. The highest BCUT2D eigenvalue weighted by molar-refractivity contribution is 6.05. The van der Waals surface area contributed by atoms with Gasteiger partial charge in [-0.3, -0.25) is 4.79 Å². The van der Waals surface area contributed by atoms with Gasteiger partial charge in [0.15, 0.2) is 23.0 Å². The van der Waals surface area contributed by atoms with E-state index >= 15 is 0 Å². The number of aliphatic hydroxyl groups is 1. The number of aromatic hydroxyl groups is 1. The first-order valence-corrected chi connectivity index (χ1v) is 6.72. The molecule has 6 heteroatoms. The lowest BCUT2D eigenvalue weighted by molar-refractivity contribution is -0.115. The summed E-state index contributed by atoms with van der Waals surface area (Å²) >= 11 is 0. The van der Waals surface area contributed by atoms with Gasteiger partial charge in [0, 0.05) is 17.2 Å². The summed E-state index contributed by atoms with van der Waals surface area (Å²) < 4.78 is 16.3. The van der Waals surface area contributed by atoms with E-state index in [1.807, 2.05) is 0 Å². The number of hydrogen-bond acceptors (Lipinski definition) is 6. The Hall–Kier alpha value is -2.47. The molecule has 0 radical (unpaired) electrons. The largest absolute Gasteiger partial charge is 0.504 e. The Balaban J connectivity index is 2.25. The summed E-state index contributed by atoms with van der Waals surface area (Å²) in [6.45, 7) is 1.63. The fourth-order valence-electron chi connectivity index (χ4n) is 3.07. The van der Waals surface area contributed by atoms with Crippen molar-refractivity contribution in [3.05, 3.63) is 46.9 Å². The number of carbonyl (C=O) groups is 1. The van der Waals surface area contributed by atoms with Gasteiger partial charge >= 0.3 is 0 Å². The zero-order valence-electron chi connectivity index (χ0n) is 12.4. The predicted octanol–water partition coefficient (Wildman–Crippen LogP) is 1.59. The van der Waals surface area contributed by atoms with Crippen molar-refractivity contribution in [3.8, 4) is 11.5 Å². The molecule has 0 aromatic heterocycles. The molecule has 2 atom stereocenters. The molecule has 1 aromatic carbocycles. The molecule has 1 heterocycles. The number of aliphatic hydroxyl groups excluding tert-OH is 1. The minimum Gasteiger partial charge on any atom is -0.504 e. The number of fused-ring (bicyclic) bond motifs is 1. The number of hydrogen-bond donors (Lipinski definition) is 2. The highest BCUT2D eigenvalue weighted by Gasteiger charge is 2.57. The third kappa shape index (κ3) is 1.61. The highest BCUT2D eigenvalue weighted by atomic mass is 16.6. The van der Waals surface area contributed by atoms with Crippen LogP contribution >= 0.6 is 0 Å². The van der Waals surface area contributed by atoms with Crippen molar-refractivity contribution >= 4 is 5.78 Å². The number of methoxy groups -OCH3 is 2. The molecule has 1 aliphatic carbocycles. The fraction of sp³-hybridized carbons (Fsp3) is 0.312. The van der Waals surface area contributed by atoms with E-state index in [9.17, 15) is 15.0 Å². The van der Waals surface area contributed by atoms with Gasteiger partial charge in [-0.1, -0.05) is 12.1 Å². The van der Waals surface area contributed by atoms with E-state index in [0.29, 0.717) is 11.1 Å². The summed E-state index contributed by atoms with van der Waals surface area (Å²) in [5, 5.41) is 20.8. The van der Waals surface area contributed by atoms with Gasteiger partial charge in [-0.2, -0.15) is 0 Å². The van der Waals surface area contributed by atoms with E-state index in [0.717, 1.165) is 0 Å². The second kappa shape index (κ2) is 4.78. The first kappa shape index (κ1) is 14.5. The van der Waals surface area contributed by atoms with Crippen LogP contribution in [0.1, 0.15) is 18.6 Å². The Morgan fingerprint density at radius 2 is 2.00 bits per heavy atom. The van der Waals surface area contributed by atoms with Gasteiger partial charge in [0.25, 0.3) is 0 Å². The average molecular weight is 304 g/mol. The number of phenols is 1. The summed E-state index contributed by atoms with van der Waals surface area (Å²) in [5.74, 6) is -0.0286. The minimum absolute atomic E-state index is 0.0899. The third-order valence-electron chi connectivity index (χ3n) is 4.14. The Morgan fingerprint density at radius 1 is 1.27 bits per heavy atom. The van der Waals surface area contributed by atoms with Crippen molar-refractivity contribution < 1.29 is 29.2 Å². The number of phenolic OH excluding ortho intramolecular Hbond substituents is 1. The Kier molecular flexibility index (Phi) is 3.14. The number of carbonyl (C=O) groups excluding carboxylic acids is 1. The van der Waals surface area contributed by atoms with Gasteiger partial charge in [0.1, 0.15) is 6.10 Å². The molecule has 0 saturated heterocycles. The minimum atomic E-state index is -1.42. The maximum atomic E-state index is 12.1. The number of allylic oxidation sites excluding steroid dienone is 1. The van der Waals surface area contributed by atoms with Crippen molar-refractivity contribution in [3.63, 3.8) is 0 Å². The predicted molar refractivity (Wildman–Crippen MR) is 76.2 cm³/mol. The van der Waals surface area contributed by atoms with Crippen molar-refractivity contribution in [2.24, 2.45) is 0 Å². The van der Waals surface area contributed by atoms with Crippen molar-refractivity contribution in [2.75, 3.05) is 14.2 Å². The Morgan fingerprint density at radius 3 is 2.59 bits per heavy atom. The Labute approximate surface area is 127 Å². The molecule has 3 rings (SSSR count). The molecule has 2 aliphatic rings. The van der Waals surface area contributed by atoms with E-state index < -0.39 is 11.7 Å². The highest BCUT2D eigenvalue weighted by Crippen LogP contribution is 2.55. The summed E-state index contributed by atoms with van der Waals surface area (Å²) in [5.41, 5.74) is -0.607. The lowest BCUT2D eigenvalue weighted by atomic mass is 9.80. The maximum absolute atomic E-state index is 12.1. The smallest absolute Gasteiger partial charge is 0.223 e. The van der Waals surface area contributed by atoms with Crippen LogP contribution < -0.4 is 4.74 Å². The molecule has 0 fully saturated rings. The van der Waals surface area contributed by atoms with Gasteiger partial charge in [0.2, 0.25) is 11.4 Å². The lowest BCUT2D eigenvalue weighted by Crippen LogP contribution is -2.46. The summed E-state index contributed by atoms with van der Waals surface area (Å²) in [6.07, 6.45) is 0.0943. The van der Waals surface area contributed by atoms with Crippen LogP contribution in [0.15, 0.2) is 41.4 Å². The number of benzene rings is 1. The lowest BCUT2D eigenvalue weighted by Gasteiger charge is -2.36. The van der Waals surface area contributed by atoms with Crippen LogP contribution in [0.25, 0.3) is 0 Å². The van der Waals surface area contributed by atoms with Crippen LogP contribution in [0, 0.1) is 0 Å². The second-order valence-electron chi connectivity index (χ2n) is 5.17. The number of ether oxygens (including phenoxy) is 3. The molecule has 1 aliphatic heterocycles. The molecule has 6 nitrogen and oxygen atoms in total.